The highest BCUT2D eigenvalue weighted by Crippen LogP contribution is 2.21. The summed E-state index contributed by atoms with van der Waals surface area (Å²) < 4.78 is 1.02. The molecule has 0 bridgehead atoms. The minimum Gasteiger partial charge on any atom is -0.392 e. The monoisotopic (exact) mass is 333 g/mol. The normalized spacial score (nSPS) is 13.0. The average Bonchev–Trinajstić information content (AvgIpc) is 2.35. The summed E-state index contributed by atoms with van der Waals surface area (Å²) in [5.74, 6) is 0.371. The molecule has 1 aromatic rings. The molecule has 1 rings (SSSR count). The third-order valence-corrected chi connectivity index (χ3v) is 4.13. The first-order valence-corrected chi connectivity index (χ1v) is 7.58. The molecule has 1 unspecified atom stereocenters. The van der Waals surface area contributed by atoms with E-state index in [9.17, 15) is 5.11 Å². The van der Waals surface area contributed by atoms with E-state index in [1.54, 1.807) is 0 Å². The Labute approximate surface area is 123 Å². The molecule has 0 heterocycles. The van der Waals surface area contributed by atoms with Gasteiger partial charge >= 0.3 is 0 Å². The van der Waals surface area contributed by atoms with Crippen LogP contribution in [0.15, 0.2) is 22.7 Å². The lowest BCUT2D eigenvalue weighted by atomic mass is 9.96. The summed E-state index contributed by atoms with van der Waals surface area (Å²) in [6.45, 7) is 5.51. The Bertz CT molecular complexity index is 369. The number of benzene rings is 1. The molecular weight excluding hydrogens is 314 g/mol. The number of halogens is 2. The number of hydrogen-bond donors (Lipinski definition) is 2. The number of aliphatic hydroxyl groups excluding tert-OH is 1. The van der Waals surface area contributed by atoms with Gasteiger partial charge in [0.25, 0.3) is 0 Å². The maximum atomic E-state index is 10.0. The van der Waals surface area contributed by atoms with Crippen molar-refractivity contribution in [3.05, 3.63) is 33.3 Å². The van der Waals surface area contributed by atoms with Crippen molar-refractivity contribution in [2.24, 2.45) is 5.92 Å². The van der Waals surface area contributed by atoms with Gasteiger partial charge in [0.2, 0.25) is 0 Å². The fourth-order valence-corrected chi connectivity index (χ4v) is 2.63. The third kappa shape index (κ3) is 4.88. The molecule has 0 saturated heterocycles. The number of nitrogens with one attached hydrogen (secondary N) is 1. The molecule has 18 heavy (non-hydrogen) atoms. The zero-order chi connectivity index (χ0) is 13.5. The summed E-state index contributed by atoms with van der Waals surface area (Å²) in [4.78, 5) is 0. The molecule has 2 nitrogen and oxygen atoms in total. The van der Waals surface area contributed by atoms with Gasteiger partial charge in [0.05, 0.1) is 6.10 Å². The van der Waals surface area contributed by atoms with Gasteiger partial charge in [-0.2, -0.15) is 0 Å². The zero-order valence-corrected chi connectivity index (χ0v) is 13.3. The molecule has 1 atom stereocenters. The van der Waals surface area contributed by atoms with Gasteiger partial charge in [0.1, 0.15) is 0 Å². The Morgan fingerprint density at radius 1 is 1.33 bits per heavy atom. The summed E-state index contributed by atoms with van der Waals surface area (Å²) >= 11 is 9.53. The molecule has 0 aliphatic carbocycles. The van der Waals surface area contributed by atoms with Crippen molar-refractivity contribution in [1.82, 2.24) is 5.32 Å². The van der Waals surface area contributed by atoms with E-state index in [2.05, 4.69) is 35.1 Å². The summed E-state index contributed by atoms with van der Waals surface area (Å²) in [5.41, 5.74) is 1.04. The first-order chi connectivity index (χ1) is 8.58. The van der Waals surface area contributed by atoms with Crippen LogP contribution in [-0.4, -0.2) is 17.8 Å². The number of aliphatic hydroxyl groups is 1. The Morgan fingerprint density at radius 2 is 2.00 bits per heavy atom. The van der Waals surface area contributed by atoms with Crippen molar-refractivity contribution in [2.75, 3.05) is 6.54 Å². The van der Waals surface area contributed by atoms with Crippen LogP contribution in [0.4, 0.5) is 0 Å². The molecule has 0 aliphatic rings. The average molecular weight is 335 g/mol. The van der Waals surface area contributed by atoms with E-state index < -0.39 is 0 Å². The van der Waals surface area contributed by atoms with Gasteiger partial charge in [0, 0.05) is 22.6 Å². The van der Waals surface area contributed by atoms with E-state index >= 15 is 0 Å². The standard InChI is InChI=1S/C14H21BrClNO/c1-3-10(4-2)14(18)9-17-8-11-7-12(15)5-6-13(11)16/h5-7,10,14,17-18H,3-4,8-9H2,1-2H3. The summed E-state index contributed by atoms with van der Waals surface area (Å²) in [5, 5.41) is 14.0. The predicted octanol–water partition coefficient (Wildman–Crippen LogP) is 3.99. The Hall–Kier alpha value is -0.0900. The van der Waals surface area contributed by atoms with Crippen LogP contribution in [0, 0.1) is 5.92 Å². The van der Waals surface area contributed by atoms with Crippen LogP contribution >= 0.6 is 27.5 Å². The lowest BCUT2D eigenvalue weighted by Crippen LogP contribution is -2.32. The van der Waals surface area contributed by atoms with Crippen LogP contribution in [0.1, 0.15) is 32.3 Å². The largest absolute Gasteiger partial charge is 0.392 e. The minimum atomic E-state index is -0.286. The second-order valence-corrected chi connectivity index (χ2v) is 5.83. The Morgan fingerprint density at radius 3 is 2.61 bits per heavy atom. The van der Waals surface area contributed by atoms with Gasteiger partial charge < -0.3 is 10.4 Å². The summed E-state index contributed by atoms with van der Waals surface area (Å²) in [7, 11) is 0. The Kier molecular flexibility index (Phi) is 7.23. The maximum absolute atomic E-state index is 10.0. The van der Waals surface area contributed by atoms with Crippen LogP contribution in [0.3, 0.4) is 0 Å². The van der Waals surface area contributed by atoms with Gasteiger partial charge in [-0.05, 0) is 29.7 Å². The molecule has 2 N–H and O–H groups in total. The first-order valence-electron chi connectivity index (χ1n) is 6.41. The predicted molar refractivity (Wildman–Crippen MR) is 80.9 cm³/mol. The highest BCUT2D eigenvalue weighted by Gasteiger charge is 2.14. The van der Waals surface area contributed by atoms with Gasteiger partial charge in [-0.1, -0.05) is 54.2 Å². The highest BCUT2D eigenvalue weighted by molar-refractivity contribution is 9.10. The van der Waals surface area contributed by atoms with Crippen molar-refractivity contribution in [2.45, 2.75) is 39.3 Å². The topological polar surface area (TPSA) is 32.3 Å². The maximum Gasteiger partial charge on any atom is 0.0692 e. The molecule has 0 spiro atoms. The van der Waals surface area contributed by atoms with Crippen molar-refractivity contribution >= 4 is 27.5 Å². The van der Waals surface area contributed by atoms with Crippen molar-refractivity contribution in [3.8, 4) is 0 Å². The summed E-state index contributed by atoms with van der Waals surface area (Å²) in [6, 6.07) is 5.80. The van der Waals surface area contributed by atoms with Crippen LogP contribution in [0.2, 0.25) is 5.02 Å². The molecule has 0 aromatic heterocycles. The van der Waals surface area contributed by atoms with Crippen LogP contribution < -0.4 is 5.32 Å². The molecule has 0 fully saturated rings. The molecule has 102 valence electrons. The molecule has 0 saturated carbocycles. The van der Waals surface area contributed by atoms with E-state index in [0.717, 1.165) is 27.9 Å². The lowest BCUT2D eigenvalue weighted by Gasteiger charge is -2.20. The second kappa shape index (κ2) is 8.16. The molecule has 0 radical (unpaired) electrons. The fourth-order valence-electron chi connectivity index (χ4n) is 2.03. The molecular formula is C14H21BrClNO. The van der Waals surface area contributed by atoms with Crippen LogP contribution in [-0.2, 0) is 6.54 Å². The van der Waals surface area contributed by atoms with E-state index in [1.807, 2.05) is 18.2 Å². The van der Waals surface area contributed by atoms with Gasteiger partial charge in [-0.3, -0.25) is 0 Å². The first kappa shape index (κ1) is 16.0. The van der Waals surface area contributed by atoms with Crippen LogP contribution in [0.5, 0.6) is 0 Å². The SMILES string of the molecule is CCC(CC)C(O)CNCc1cc(Br)ccc1Cl. The van der Waals surface area contributed by atoms with E-state index in [4.69, 9.17) is 11.6 Å². The van der Waals surface area contributed by atoms with Crippen molar-refractivity contribution < 1.29 is 5.11 Å². The smallest absolute Gasteiger partial charge is 0.0692 e. The fraction of sp³-hybridized carbons (Fsp3) is 0.571. The minimum absolute atomic E-state index is 0.286. The number of rotatable bonds is 7. The highest BCUT2D eigenvalue weighted by atomic mass is 79.9. The quantitative estimate of drug-likeness (QED) is 0.790. The second-order valence-electron chi connectivity index (χ2n) is 4.51. The molecule has 1 aromatic carbocycles. The van der Waals surface area contributed by atoms with E-state index in [0.29, 0.717) is 19.0 Å². The van der Waals surface area contributed by atoms with Crippen LogP contribution in [0.25, 0.3) is 0 Å². The van der Waals surface area contributed by atoms with Gasteiger partial charge in [-0.25, -0.2) is 0 Å². The van der Waals surface area contributed by atoms with Gasteiger partial charge in [0.15, 0.2) is 0 Å². The number of hydrogen-bond acceptors (Lipinski definition) is 2. The lowest BCUT2D eigenvalue weighted by molar-refractivity contribution is 0.101. The van der Waals surface area contributed by atoms with E-state index in [1.165, 1.54) is 0 Å². The molecule has 0 aliphatic heterocycles. The summed E-state index contributed by atoms with van der Waals surface area (Å²) in [6.07, 6.45) is 1.74. The Balaban J connectivity index is 2.44. The van der Waals surface area contributed by atoms with Crippen molar-refractivity contribution in [1.29, 1.82) is 0 Å². The van der Waals surface area contributed by atoms with Gasteiger partial charge in [-0.15, -0.1) is 0 Å². The molecule has 0 amide bonds. The third-order valence-electron chi connectivity index (χ3n) is 3.27. The zero-order valence-electron chi connectivity index (χ0n) is 10.9. The van der Waals surface area contributed by atoms with Crippen molar-refractivity contribution in [3.63, 3.8) is 0 Å². The molecule has 4 heteroatoms. The van der Waals surface area contributed by atoms with E-state index in [-0.39, 0.29) is 6.10 Å².